The van der Waals surface area contributed by atoms with E-state index in [1.54, 1.807) is 4.68 Å². The number of benzene rings is 1. The van der Waals surface area contributed by atoms with Crippen molar-refractivity contribution in [3.63, 3.8) is 0 Å². The average Bonchev–Trinajstić information content (AvgIpc) is 2.89. The van der Waals surface area contributed by atoms with Crippen molar-refractivity contribution in [2.75, 3.05) is 6.54 Å². The second-order valence-corrected chi connectivity index (χ2v) is 8.16. The van der Waals surface area contributed by atoms with Gasteiger partial charge in [-0.15, -0.1) is 5.10 Å². The molecule has 4 fully saturated rings. The molecular formula is C20H24N4O. The summed E-state index contributed by atoms with van der Waals surface area (Å²) >= 11 is 0. The Morgan fingerprint density at radius 3 is 2.40 bits per heavy atom. The Morgan fingerprint density at radius 2 is 1.68 bits per heavy atom. The molecule has 1 aromatic heterocycles. The topological polar surface area (TPSA) is 51.0 Å². The fourth-order valence-electron chi connectivity index (χ4n) is 5.51. The van der Waals surface area contributed by atoms with Gasteiger partial charge >= 0.3 is 0 Å². The predicted molar refractivity (Wildman–Crippen MR) is 94.5 cm³/mol. The zero-order chi connectivity index (χ0) is 17.0. The molecule has 5 heteroatoms. The molecule has 2 saturated heterocycles. The summed E-state index contributed by atoms with van der Waals surface area (Å²) in [6.45, 7) is 2.86. The highest BCUT2D eigenvalue weighted by Crippen LogP contribution is 2.47. The predicted octanol–water partition coefficient (Wildman–Crippen LogP) is 3.23. The lowest BCUT2D eigenvalue weighted by atomic mass is 9.68. The molecule has 6 rings (SSSR count). The van der Waals surface area contributed by atoms with Crippen LogP contribution in [0.1, 0.15) is 48.3 Å². The summed E-state index contributed by atoms with van der Waals surface area (Å²) in [5.41, 5.74) is 2.30. The van der Waals surface area contributed by atoms with E-state index in [4.69, 9.17) is 0 Å². The summed E-state index contributed by atoms with van der Waals surface area (Å²) < 4.78 is 1.77. The van der Waals surface area contributed by atoms with Crippen molar-refractivity contribution in [2.45, 2.75) is 45.1 Å². The summed E-state index contributed by atoms with van der Waals surface area (Å²) in [6.07, 6.45) is 6.38. The molecule has 2 saturated carbocycles. The molecular weight excluding hydrogens is 312 g/mol. The number of para-hydroxylation sites is 1. The van der Waals surface area contributed by atoms with Crippen LogP contribution in [0.25, 0.3) is 5.69 Å². The lowest BCUT2D eigenvalue weighted by Crippen LogP contribution is -2.42. The third-order valence-electron chi connectivity index (χ3n) is 6.47. The van der Waals surface area contributed by atoms with E-state index in [0.717, 1.165) is 29.8 Å². The van der Waals surface area contributed by atoms with Gasteiger partial charge in [0.1, 0.15) is 0 Å². The molecule has 2 aliphatic carbocycles. The van der Waals surface area contributed by atoms with E-state index in [1.807, 2.05) is 37.3 Å². The molecule has 2 aliphatic heterocycles. The summed E-state index contributed by atoms with van der Waals surface area (Å²) in [6, 6.07) is 10.3. The number of rotatable bonds is 2. The van der Waals surface area contributed by atoms with Crippen molar-refractivity contribution in [1.29, 1.82) is 0 Å². The van der Waals surface area contributed by atoms with Crippen LogP contribution in [0.4, 0.5) is 0 Å². The van der Waals surface area contributed by atoms with Crippen molar-refractivity contribution >= 4 is 5.91 Å². The van der Waals surface area contributed by atoms with Gasteiger partial charge in [0.05, 0.1) is 11.4 Å². The van der Waals surface area contributed by atoms with Crippen LogP contribution in [-0.4, -0.2) is 38.4 Å². The van der Waals surface area contributed by atoms with E-state index in [0.29, 0.717) is 17.7 Å². The van der Waals surface area contributed by atoms with Crippen molar-refractivity contribution in [1.82, 2.24) is 19.9 Å². The minimum Gasteiger partial charge on any atom is -0.334 e. The van der Waals surface area contributed by atoms with Crippen LogP contribution in [0.3, 0.4) is 0 Å². The minimum absolute atomic E-state index is 0.0814. The summed E-state index contributed by atoms with van der Waals surface area (Å²) in [7, 11) is 0. The first kappa shape index (κ1) is 15.1. The van der Waals surface area contributed by atoms with E-state index in [9.17, 15) is 4.79 Å². The molecule has 0 spiro atoms. The van der Waals surface area contributed by atoms with Gasteiger partial charge in [0, 0.05) is 12.6 Å². The molecule has 2 aromatic rings. The molecule has 2 unspecified atom stereocenters. The van der Waals surface area contributed by atoms with Gasteiger partial charge in [-0.3, -0.25) is 4.79 Å². The second-order valence-electron chi connectivity index (χ2n) is 8.16. The van der Waals surface area contributed by atoms with Crippen LogP contribution in [-0.2, 0) is 0 Å². The standard InChI is InChI=1S/C20H24N4O/c1-13-19(21-22-24(13)17-5-3-2-4-6-17)20(25)23-12-16-8-14-7-15(9-16)11-18(23)10-14/h2-6,14-16,18H,7-12H2,1H3. The fraction of sp³-hybridized carbons (Fsp3) is 0.550. The number of hydrogen-bond donors (Lipinski definition) is 0. The first-order chi connectivity index (χ1) is 12.2. The smallest absolute Gasteiger partial charge is 0.276 e. The van der Waals surface area contributed by atoms with Crippen molar-refractivity contribution in [3.05, 3.63) is 41.7 Å². The van der Waals surface area contributed by atoms with Crippen molar-refractivity contribution in [2.24, 2.45) is 17.8 Å². The Balaban J connectivity index is 1.46. The van der Waals surface area contributed by atoms with E-state index in [2.05, 4.69) is 15.2 Å². The molecule has 25 heavy (non-hydrogen) atoms. The number of carbonyl (C=O) groups is 1. The Labute approximate surface area is 148 Å². The van der Waals surface area contributed by atoms with Gasteiger partial charge in [0.15, 0.2) is 5.69 Å². The molecule has 1 aromatic carbocycles. The van der Waals surface area contributed by atoms with Crippen molar-refractivity contribution < 1.29 is 4.79 Å². The third kappa shape index (κ3) is 2.48. The van der Waals surface area contributed by atoms with E-state index >= 15 is 0 Å². The zero-order valence-electron chi connectivity index (χ0n) is 14.6. The van der Waals surface area contributed by atoms with Crippen LogP contribution >= 0.6 is 0 Å². The highest BCUT2D eigenvalue weighted by molar-refractivity contribution is 5.93. The van der Waals surface area contributed by atoms with Crippen LogP contribution in [0.2, 0.25) is 0 Å². The van der Waals surface area contributed by atoms with Crippen LogP contribution in [0.15, 0.2) is 30.3 Å². The van der Waals surface area contributed by atoms with E-state index in [-0.39, 0.29) is 5.91 Å². The van der Waals surface area contributed by atoms with Crippen LogP contribution in [0.5, 0.6) is 0 Å². The molecule has 2 atom stereocenters. The Hall–Kier alpha value is -2.17. The Bertz CT molecular complexity index is 785. The lowest BCUT2D eigenvalue weighted by molar-refractivity contribution is 0.0626. The van der Waals surface area contributed by atoms with Gasteiger partial charge in [0.2, 0.25) is 0 Å². The maximum absolute atomic E-state index is 13.3. The van der Waals surface area contributed by atoms with Crippen molar-refractivity contribution in [3.8, 4) is 5.69 Å². The normalized spacial score (nSPS) is 30.5. The first-order valence-electron chi connectivity index (χ1n) is 9.47. The van der Waals surface area contributed by atoms with Gasteiger partial charge in [-0.05, 0) is 68.9 Å². The highest BCUT2D eigenvalue weighted by Gasteiger charge is 2.44. The minimum atomic E-state index is 0.0814. The molecule has 1 amide bonds. The largest absolute Gasteiger partial charge is 0.334 e. The number of carbonyl (C=O) groups excluding carboxylic acids is 1. The van der Waals surface area contributed by atoms with Gasteiger partial charge in [-0.1, -0.05) is 23.4 Å². The molecule has 0 radical (unpaired) electrons. The summed E-state index contributed by atoms with van der Waals surface area (Å²) in [4.78, 5) is 15.4. The quantitative estimate of drug-likeness (QED) is 0.846. The molecule has 3 heterocycles. The monoisotopic (exact) mass is 336 g/mol. The molecule has 0 N–H and O–H groups in total. The van der Waals surface area contributed by atoms with Gasteiger partial charge in [-0.2, -0.15) is 0 Å². The summed E-state index contributed by atoms with van der Waals surface area (Å²) in [5, 5.41) is 8.52. The molecule has 4 aliphatic rings. The highest BCUT2D eigenvalue weighted by atomic mass is 16.2. The van der Waals surface area contributed by atoms with E-state index in [1.165, 1.54) is 32.1 Å². The number of fused-ring (bicyclic) bond motifs is 1. The average molecular weight is 336 g/mol. The first-order valence-corrected chi connectivity index (χ1v) is 9.47. The number of amides is 1. The number of aromatic nitrogens is 3. The van der Waals surface area contributed by atoms with Gasteiger partial charge in [-0.25, -0.2) is 4.68 Å². The van der Waals surface area contributed by atoms with E-state index < -0.39 is 0 Å². The maximum Gasteiger partial charge on any atom is 0.276 e. The van der Waals surface area contributed by atoms with Gasteiger partial charge < -0.3 is 4.90 Å². The molecule has 4 bridgehead atoms. The Morgan fingerprint density at radius 1 is 1.00 bits per heavy atom. The van der Waals surface area contributed by atoms with Crippen LogP contribution < -0.4 is 0 Å². The number of hydrogen-bond acceptors (Lipinski definition) is 3. The Kier molecular flexibility index (Phi) is 3.43. The maximum atomic E-state index is 13.3. The van der Waals surface area contributed by atoms with Gasteiger partial charge in [0.25, 0.3) is 5.91 Å². The second kappa shape index (κ2) is 5.68. The third-order valence-corrected chi connectivity index (χ3v) is 6.47. The SMILES string of the molecule is Cc1c(C(=O)N2CC3CC4CC(C3)CC2C4)nnn1-c1ccccc1. The van der Waals surface area contributed by atoms with Crippen LogP contribution in [0, 0.1) is 24.7 Å². The molecule has 130 valence electrons. The molecule has 5 nitrogen and oxygen atoms in total. The zero-order valence-corrected chi connectivity index (χ0v) is 14.6. The summed E-state index contributed by atoms with van der Waals surface area (Å²) in [5.74, 6) is 2.44. The lowest BCUT2D eigenvalue weighted by Gasteiger charge is -2.38. The number of nitrogens with zero attached hydrogens (tertiary/aromatic N) is 4. The fourth-order valence-corrected chi connectivity index (χ4v) is 5.51.